The molecule has 0 saturated heterocycles. The average Bonchev–Trinajstić information content (AvgIpc) is 3.11. The van der Waals surface area contributed by atoms with E-state index < -0.39 is 4.92 Å². The number of carbonyl (C=O) groups is 1. The molecule has 1 heterocycles. The first-order chi connectivity index (χ1) is 13.9. The smallest absolute Gasteiger partial charge is 0.272 e. The molecule has 0 fully saturated rings. The molecule has 0 aliphatic heterocycles. The van der Waals surface area contributed by atoms with Gasteiger partial charge in [-0.25, -0.2) is 4.98 Å². The van der Waals surface area contributed by atoms with Gasteiger partial charge in [0.2, 0.25) is 5.89 Å². The van der Waals surface area contributed by atoms with Crippen molar-refractivity contribution in [3.8, 4) is 11.5 Å². The largest absolute Gasteiger partial charge is 0.436 e. The van der Waals surface area contributed by atoms with Gasteiger partial charge in [0.25, 0.3) is 11.6 Å². The van der Waals surface area contributed by atoms with E-state index in [4.69, 9.17) is 4.42 Å². The van der Waals surface area contributed by atoms with Gasteiger partial charge in [-0.3, -0.25) is 14.9 Å². The lowest BCUT2D eigenvalue weighted by Crippen LogP contribution is -2.12. The second kappa shape index (κ2) is 7.20. The molecule has 1 N–H and O–H groups in total. The highest BCUT2D eigenvalue weighted by Crippen LogP contribution is 2.27. The number of nitrogens with zero attached hydrogens (tertiary/aromatic N) is 2. The fourth-order valence-electron chi connectivity index (χ4n) is 3.09. The average molecular weight is 387 g/mol. The Morgan fingerprint density at radius 2 is 1.90 bits per heavy atom. The number of fused-ring (bicyclic) bond motifs is 1. The Hall–Kier alpha value is -4.00. The van der Waals surface area contributed by atoms with Gasteiger partial charge < -0.3 is 9.73 Å². The van der Waals surface area contributed by atoms with E-state index in [0.29, 0.717) is 28.3 Å². The monoisotopic (exact) mass is 387 g/mol. The molecule has 0 unspecified atom stereocenters. The molecule has 7 heteroatoms. The van der Waals surface area contributed by atoms with Gasteiger partial charge in [-0.05, 0) is 61.9 Å². The van der Waals surface area contributed by atoms with Crippen LogP contribution in [0.25, 0.3) is 22.6 Å². The van der Waals surface area contributed by atoms with E-state index in [1.807, 2.05) is 31.2 Å². The third kappa shape index (κ3) is 3.70. The molecule has 0 saturated carbocycles. The highest BCUT2D eigenvalue weighted by molar-refractivity contribution is 6.04. The molecule has 1 aromatic heterocycles. The maximum atomic E-state index is 12.6. The van der Waals surface area contributed by atoms with Crippen molar-refractivity contribution in [2.24, 2.45) is 0 Å². The number of oxazole rings is 1. The number of anilines is 1. The minimum Gasteiger partial charge on any atom is -0.436 e. The zero-order valence-corrected chi connectivity index (χ0v) is 15.8. The first-order valence-corrected chi connectivity index (χ1v) is 8.95. The summed E-state index contributed by atoms with van der Waals surface area (Å²) in [5.41, 5.74) is 4.61. The summed E-state index contributed by atoms with van der Waals surface area (Å²) in [7, 11) is 0. The maximum Gasteiger partial charge on any atom is 0.272 e. The Kier molecular flexibility index (Phi) is 4.56. The van der Waals surface area contributed by atoms with Crippen molar-refractivity contribution in [3.63, 3.8) is 0 Å². The van der Waals surface area contributed by atoms with Crippen LogP contribution in [-0.2, 0) is 0 Å². The second-order valence-electron chi connectivity index (χ2n) is 6.78. The Bertz CT molecular complexity index is 1260. The topological polar surface area (TPSA) is 98.3 Å². The van der Waals surface area contributed by atoms with Gasteiger partial charge in [0, 0.05) is 28.4 Å². The number of carbonyl (C=O) groups excluding carboxylic acids is 1. The summed E-state index contributed by atoms with van der Waals surface area (Å²) in [6, 6.07) is 17.2. The van der Waals surface area contributed by atoms with Crippen molar-refractivity contribution in [3.05, 3.63) is 87.5 Å². The molecule has 0 spiro atoms. The van der Waals surface area contributed by atoms with Crippen LogP contribution in [0.2, 0.25) is 0 Å². The Morgan fingerprint density at radius 3 is 2.66 bits per heavy atom. The molecule has 0 atom stereocenters. The summed E-state index contributed by atoms with van der Waals surface area (Å²) in [4.78, 5) is 27.5. The first kappa shape index (κ1) is 18.4. The highest BCUT2D eigenvalue weighted by Gasteiger charge is 2.15. The van der Waals surface area contributed by atoms with E-state index in [-0.39, 0.29) is 11.6 Å². The maximum absolute atomic E-state index is 12.6. The molecule has 0 radical (unpaired) electrons. The van der Waals surface area contributed by atoms with Crippen molar-refractivity contribution >= 4 is 28.4 Å². The minimum absolute atomic E-state index is 0.0188. The first-order valence-electron chi connectivity index (χ1n) is 8.95. The SMILES string of the molecule is Cc1ccc2nc(-c3cccc(NC(=O)c4ccc([N+](=O)[O-])c(C)c4)c3)oc2c1. The Morgan fingerprint density at radius 1 is 1.07 bits per heavy atom. The molecular weight excluding hydrogens is 370 g/mol. The van der Waals surface area contributed by atoms with Gasteiger partial charge in [-0.15, -0.1) is 0 Å². The van der Waals surface area contributed by atoms with Gasteiger partial charge in [0.1, 0.15) is 5.52 Å². The van der Waals surface area contributed by atoms with Crippen LogP contribution in [-0.4, -0.2) is 15.8 Å². The Labute approximate surface area is 166 Å². The summed E-state index contributed by atoms with van der Waals surface area (Å²) in [6.07, 6.45) is 0. The molecule has 4 rings (SSSR count). The molecule has 0 aliphatic rings. The van der Waals surface area contributed by atoms with Crippen LogP contribution in [0.5, 0.6) is 0 Å². The minimum atomic E-state index is -0.470. The second-order valence-corrected chi connectivity index (χ2v) is 6.78. The van der Waals surface area contributed by atoms with Crippen LogP contribution in [0.3, 0.4) is 0 Å². The van der Waals surface area contributed by atoms with E-state index in [0.717, 1.165) is 16.6 Å². The summed E-state index contributed by atoms with van der Waals surface area (Å²) < 4.78 is 5.84. The number of nitro groups is 1. The van der Waals surface area contributed by atoms with Crippen LogP contribution >= 0.6 is 0 Å². The number of hydrogen-bond donors (Lipinski definition) is 1. The number of nitrogens with one attached hydrogen (secondary N) is 1. The van der Waals surface area contributed by atoms with Gasteiger partial charge in [-0.2, -0.15) is 0 Å². The zero-order valence-electron chi connectivity index (χ0n) is 15.8. The van der Waals surface area contributed by atoms with E-state index in [9.17, 15) is 14.9 Å². The number of aryl methyl sites for hydroxylation is 2. The predicted octanol–water partition coefficient (Wildman–Crippen LogP) is 5.27. The van der Waals surface area contributed by atoms with E-state index in [1.54, 1.807) is 25.1 Å². The molecule has 7 nitrogen and oxygen atoms in total. The lowest BCUT2D eigenvalue weighted by molar-refractivity contribution is -0.385. The van der Waals surface area contributed by atoms with Crippen molar-refractivity contribution < 1.29 is 14.1 Å². The lowest BCUT2D eigenvalue weighted by Gasteiger charge is -2.07. The predicted molar refractivity (Wildman–Crippen MR) is 110 cm³/mol. The summed E-state index contributed by atoms with van der Waals surface area (Å²) in [6.45, 7) is 3.59. The molecule has 3 aromatic carbocycles. The number of rotatable bonds is 4. The molecule has 144 valence electrons. The molecular formula is C22H17N3O4. The van der Waals surface area contributed by atoms with Crippen molar-refractivity contribution in [1.29, 1.82) is 0 Å². The molecule has 29 heavy (non-hydrogen) atoms. The molecule has 0 bridgehead atoms. The quantitative estimate of drug-likeness (QED) is 0.380. The number of nitro benzene ring substituents is 1. The van der Waals surface area contributed by atoms with Crippen LogP contribution in [0.4, 0.5) is 11.4 Å². The number of hydrogen-bond acceptors (Lipinski definition) is 5. The van der Waals surface area contributed by atoms with Crippen molar-refractivity contribution in [2.75, 3.05) is 5.32 Å². The standard InChI is InChI=1S/C22H17N3O4/c1-13-6-8-18-20(10-13)29-22(24-18)16-4-3-5-17(12-16)23-21(26)15-7-9-19(25(27)28)14(2)11-15/h3-12H,1-2H3,(H,23,26). The Balaban J connectivity index is 1.59. The van der Waals surface area contributed by atoms with Gasteiger partial charge in [0.15, 0.2) is 5.58 Å². The number of benzene rings is 3. The van der Waals surface area contributed by atoms with Gasteiger partial charge >= 0.3 is 0 Å². The van der Waals surface area contributed by atoms with Crippen LogP contribution < -0.4 is 5.32 Å². The van der Waals surface area contributed by atoms with Crippen molar-refractivity contribution in [2.45, 2.75) is 13.8 Å². The van der Waals surface area contributed by atoms with Crippen molar-refractivity contribution in [1.82, 2.24) is 4.98 Å². The van der Waals surface area contributed by atoms with E-state index >= 15 is 0 Å². The number of aromatic nitrogens is 1. The summed E-state index contributed by atoms with van der Waals surface area (Å²) in [5, 5.41) is 13.7. The fraction of sp³-hybridized carbons (Fsp3) is 0.0909. The highest BCUT2D eigenvalue weighted by atomic mass is 16.6. The van der Waals surface area contributed by atoms with E-state index in [2.05, 4.69) is 10.3 Å². The van der Waals surface area contributed by atoms with Gasteiger partial charge in [-0.1, -0.05) is 12.1 Å². The van der Waals surface area contributed by atoms with Crippen LogP contribution in [0, 0.1) is 24.0 Å². The molecule has 1 amide bonds. The summed E-state index contributed by atoms with van der Waals surface area (Å²) >= 11 is 0. The fourth-order valence-corrected chi connectivity index (χ4v) is 3.09. The van der Waals surface area contributed by atoms with Crippen LogP contribution in [0.15, 0.2) is 65.1 Å². The zero-order chi connectivity index (χ0) is 20.5. The molecule has 0 aliphatic carbocycles. The van der Waals surface area contributed by atoms with Crippen LogP contribution in [0.1, 0.15) is 21.5 Å². The number of amides is 1. The molecule has 4 aromatic rings. The lowest BCUT2D eigenvalue weighted by atomic mass is 10.1. The normalized spacial score (nSPS) is 10.8. The third-order valence-corrected chi connectivity index (χ3v) is 4.57. The van der Waals surface area contributed by atoms with E-state index in [1.165, 1.54) is 18.2 Å². The summed E-state index contributed by atoms with van der Waals surface area (Å²) in [5.74, 6) is 0.112. The third-order valence-electron chi connectivity index (χ3n) is 4.57. The van der Waals surface area contributed by atoms with Gasteiger partial charge in [0.05, 0.1) is 4.92 Å².